The molecule has 0 unspecified atom stereocenters. The lowest BCUT2D eigenvalue weighted by molar-refractivity contribution is 0.0696. The van der Waals surface area contributed by atoms with Crippen LogP contribution in [0.5, 0.6) is 0 Å². The van der Waals surface area contributed by atoms with Crippen LogP contribution < -0.4 is 5.32 Å². The highest BCUT2D eigenvalue weighted by Crippen LogP contribution is 2.33. The number of pyridine rings is 1. The van der Waals surface area contributed by atoms with Crippen LogP contribution in [0, 0.1) is 0 Å². The first-order valence-electron chi connectivity index (χ1n) is 5.63. The Labute approximate surface area is 132 Å². The first-order valence-corrected chi connectivity index (χ1v) is 7.11. The van der Waals surface area contributed by atoms with Crippen LogP contribution in [-0.2, 0) is 0 Å². The highest BCUT2D eigenvalue weighted by molar-refractivity contribution is 7.00. The number of nitrogens with zero attached hydrogens (tertiary/aromatic N) is 3. The van der Waals surface area contributed by atoms with Gasteiger partial charge in [-0.15, -0.1) is 0 Å². The summed E-state index contributed by atoms with van der Waals surface area (Å²) in [6, 6.07) is 4.76. The maximum Gasteiger partial charge on any atom is 0.337 e. The van der Waals surface area contributed by atoms with Gasteiger partial charge in [-0.1, -0.05) is 23.2 Å². The third-order valence-electron chi connectivity index (χ3n) is 2.71. The number of hydrogen-bond donors (Lipinski definition) is 2. The molecule has 9 heteroatoms. The lowest BCUT2D eigenvalue weighted by Gasteiger charge is -2.09. The van der Waals surface area contributed by atoms with Crippen LogP contribution >= 0.6 is 34.9 Å². The van der Waals surface area contributed by atoms with E-state index in [9.17, 15) is 4.79 Å². The number of benzene rings is 1. The molecule has 0 atom stereocenters. The normalized spacial score (nSPS) is 10.8. The van der Waals surface area contributed by atoms with Crippen molar-refractivity contribution in [1.82, 2.24) is 13.7 Å². The summed E-state index contributed by atoms with van der Waals surface area (Å²) >= 11 is 13.3. The predicted octanol–water partition coefficient (Wildman–Crippen LogP) is 3.83. The predicted molar refractivity (Wildman–Crippen MR) is 81.9 cm³/mol. The summed E-state index contributed by atoms with van der Waals surface area (Å²) in [5.41, 5.74) is 1.84. The average molecular weight is 341 g/mol. The Morgan fingerprint density at radius 2 is 2.05 bits per heavy atom. The second-order valence-electron chi connectivity index (χ2n) is 4.04. The molecule has 0 saturated carbocycles. The summed E-state index contributed by atoms with van der Waals surface area (Å²) in [7, 11) is 0. The highest BCUT2D eigenvalue weighted by atomic mass is 35.5. The molecule has 0 fully saturated rings. The van der Waals surface area contributed by atoms with Crippen molar-refractivity contribution in [3.05, 3.63) is 40.0 Å². The molecule has 0 saturated heterocycles. The third-order valence-corrected chi connectivity index (χ3v) is 3.85. The molecule has 0 radical (unpaired) electrons. The smallest absolute Gasteiger partial charge is 0.337 e. The molecule has 3 rings (SSSR count). The first-order chi connectivity index (χ1) is 10.1. The number of aromatic nitrogens is 3. The van der Waals surface area contributed by atoms with Gasteiger partial charge in [-0.05, 0) is 18.2 Å². The third kappa shape index (κ3) is 2.63. The van der Waals surface area contributed by atoms with E-state index in [-0.39, 0.29) is 10.6 Å². The Hall–Kier alpha value is -1.96. The van der Waals surface area contributed by atoms with E-state index < -0.39 is 5.97 Å². The van der Waals surface area contributed by atoms with Crippen molar-refractivity contribution in [2.75, 3.05) is 5.32 Å². The molecule has 6 nitrogen and oxygen atoms in total. The van der Waals surface area contributed by atoms with E-state index in [1.54, 1.807) is 12.1 Å². The van der Waals surface area contributed by atoms with Crippen LogP contribution in [0.4, 0.5) is 11.5 Å². The Balaban J connectivity index is 2.04. The van der Waals surface area contributed by atoms with Gasteiger partial charge in [-0.3, -0.25) is 0 Å². The summed E-state index contributed by atoms with van der Waals surface area (Å²) in [5.74, 6) is -0.802. The minimum Gasteiger partial charge on any atom is -0.478 e. The molecule has 0 aliphatic rings. The van der Waals surface area contributed by atoms with Gasteiger partial charge in [0.15, 0.2) is 0 Å². The number of aromatic carboxylic acids is 1. The van der Waals surface area contributed by atoms with E-state index >= 15 is 0 Å². The van der Waals surface area contributed by atoms with Gasteiger partial charge < -0.3 is 10.4 Å². The maximum absolute atomic E-state index is 10.9. The van der Waals surface area contributed by atoms with Crippen LogP contribution in [0.3, 0.4) is 0 Å². The summed E-state index contributed by atoms with van der Waals surface area (Å²) in [4.78, 5) is 14.9. The van der Waals surface area contributed by atoms with Crippen molar-refractivity contribution in [3.8, 4) is 0 Å². The van der Waals surface area contributed by atoms with E-state index in [4.69, 9.17) is 28.3 Å². The van der Waals surface area contributed by atoms with Crippen molar-refractivity contribution in [2.24, 2.45) is 0 Å². The van der Waals surface area contributed by atoms with Crippen LogP contribution in [0.25, 0.3) is 11.0 Å². The van der Waals surface area contributed by atoms with Crippen LogP contribution in [-0.4, -0.2) is 24.8 Å². The maximum atomic E-state index is 10.9. The second-order valence-corrected chi connectivity index (χ2v) is 5.38. The molecule has 2 aromatic heterocycles. The lowest BCUT2D eigenvalue weighted by atomic mass is 10.2. The van der Waals surface area contributed by atoms with Gasteiger partial charge >= 0.3 is 5.97 Å². The largest absolute Gasteiger partial charge is 0.478 e. The van der Waals surface area contributed by atoms with E-state index in [0.717, 1.165) is 11.7 Å². The molecule has 2 heterocycles. The van der Waals surface area contributed by atoms with Gasteiger partial charge in [0.25, 0.3) is 0 Å². The van der Waals surface area contributed by atoms with Gasteiger partial charge in [0.2, 0.25) is 0 Å². The molecule has 1 aromatic carbocycles. The fraction of sp³-hybridized carbons (Fsp3) is 0. The van der Waals surface area contributed by atoms with Crippen LogP contribution in [0.2, 0.25) is 10.0 Å². The summed E-state index contributed by atoms with van der Waals surface area (Å²) in [6.07, 6.45) is 1.21. The molecule has 21 heavy (non-hydrogen) atoms. The molecule has 0 aliphatic heterocycles. The Bertz CT molecular complexity index is 852. The number of fused-ring (bicyclic) bond motifs is 1. The van der Waals surface area contributed by atoms with E-state index in [1.165, 1.54) is 12.3 Å². The number of carboxylic acids is 1. The van der Waals surface area contributed by atoms with Crippen molar-refractivity contribution in [3.63, 3.8) is 0 Å². The van der Waals surface area contributed by atoms with Gasteiger partial charge in [0.05, 0.1) is 33.0 Å². The lowest BCUT2D eigenvalue weighted by Crippen LogP contribution is -2.01. The number of carbonyl (C=O) groups is 1. The van der Waals surface area contributed by atoms with Gasteiger partial charge in [-0.25, -0.2) is 9.78 Å². The van der Waals surface area contributed by atoms with E-state index in [0.29, 0.717) is 27.6 Å². The van der Waals surface area contributed by atoms with Gasteiger partial charge in [0.1, 0.15) is 16.9 Å². The topological polar surface area (TPSA) is 88.0 Å². The zero-order chi connectivity index (χ0) is 15.0. The molecular formula is C12H6Cl2N4O2S. The van der Waals surface area contributed by atoms with E-state index in [2.05, 4.69) is 19.0 Å². The highest BCUT2D eigenvalue weighted by Gasteiger charge is 2.14. The number of halogens is 2. The average Bonchev–Trinajstić information content (AvgIpc) is 2.92. The second kappa shape index (κ2) is 5.44. The van der Waals surface area contributed by atoms with Gasteiger partial charge in [-0.2, -0.15) is 8.75 Å². The molecule has 0 amide bonds. The SMILES string of the molecule is O=C(O)c1cnc(Nc2c(Cl)ccc3nsnc23)c(Cl)c1. The summed E-state index contributed by atoms with van der Waals surface area (Å²) in [5, 5.41) is 12.5. The van der Waals surface area contributed by atoms with Crippen LogP contribution in [0.1, 0.15) is 10.4 Å². The quantitative estimate of drug-likeness (QED) is 0.753. The molecule has 2 N–H and O–H groups in total. The summed E-state index contributed by atoms with van der Waals surface area (Å²) in [6.45, 7) is 0. The Morgan fingerprint density at radius 1 is 1.24 bits per heavy atom. The summed E-state index contributed by atoms with van der Waals surface area (Å²) < 4.78 is 8.29. The van der Waals surface area contributed by atoms with Crippen molar-refractivity contribution in [1.29, 1.82) is 0 Å². The minimum absolute atomic E-state index is 0.00480. The van der Waals surface area contributed by atoms with Crippen molar-refractivity contribution < 1.29 is 9.90 Å². The number of anilines is 2. The number of hydrogen-bond acceptors (Lipinski definition) is 6. The first kappa shape index (κ1) is 14.0. The zero-order valence-corrected chi connectivity index (χ0v) is 12.5. The molecule has 0 bridgehead atoms. The van der Waals surface area contributed by atoms with Crippen molar-refractivity contribution >= 4 is 63.4 Å². The standard InChI is InChI=1S/C12H6Cl2N4O2S/c13-6-1-2-8-10(18-21-17-8)9(6)16-11-7(14)3-5(4-15-11)12(19)20/h1-4H,(H,15,16)(H,19,20). The number of rotatable bonds is 3. The Kier molecular flexibility index (Phi) is 3.62. The number of carboxylic acid groups (broad SMARTS) is 1. The molecule has 106 valence electrons. The molecule has 0 aliphatic carbocycles. The fourth-order valence-electron chi connectivity index (χ4n) is 1.71. The molecule has 3 aromatic rings. The van der Waals surface area contributed by atoms with E-state index in [1.807, 2.05) is 0 Å². The Morgan fingerprint density at radius 3 is 2.76 bits per heavy atom. The minimum atomic E-state index is -1.10. The number of nitrogens with one attached hydrogen (secondary N) is 1. The molecule has 0 spiro atoms. The monoisotopic (exact) mass is 340 g/mol. The van der Waals surface area contributed by atoms with Gasteiger partial charge in [0, 0.05) is 6.20 Å². The zero-order valence-electron chi connectivity index (χ0n) is 10.2. The molecular weight excluding hydrogens is 335 g/mol. The fourth-order valence-corrected chi connectivity index (χ4v) is 2.67. The van der Waals surface area contributed by atoms with Crippen LogP contribution in [0.15, 0.2) is 24.4 Å². The van der Waals surface area contributed by atoms with Crippen molar-refractivity contribution in [2.45, 2.75) is 0 Å².